The molecule has 2 rings (SSSR count). The van der Waals surface area contributed by atoms with Gasteiger partial charge in [-0.05, 0) is 61.9 Å². The van der Waals surface area contributed by atoms with E-state index in [1.54, 1.807) is 36.4 Å². The molecule has 23 heavy (non-hydrogen) atoms. The molecule has 0 spiro atoms. The number of hydrazone groups is 1. The van der Waals surface area contributed by atoms with Crippen molar-refractivity contribution in [1.82, 2.24) is 5.43 Å². The van der Waals surface area contributed by atoms with Gasteiger partial charge in [-0.1, -0.05) is 15.9 Å². The van der Waals surface area contributed by atoms with E-state index in [0.29, 0.717) is 11.3 Å². The average molecular weight is 377 g/mol. The third-order valence-corrected chi connectivity index (χ3v) is 3.31. The normalized spacial score (nSPS) is 11.0. The van der Waals surface area contributed by atoms with Crippen LogP contribution >= 0.6 is 15.9 Å². The standard InChI is InChI=1S/C17H17BrN2O3/c1-11(2)23-16-8-5-13(18)9-15(16)17(22)20-19-10-12-3-6-14(21)7-4-12/h3-11,21H,1-2H3,(H,20,22). The highest BCUT2D eigenvalue weighted by atomic mass is 79.9. The summed E-state index contributed by atoms with van der Waals surface area (Å²) in [5.41, 5.74) is 3.63. The van der Waals surface area contributed by atoms with E-state index in [1.165, 1.54) is 6.21 Å². The number of amides is 1. The van der Waals surface area contributed by atoms with Gasteiger partial charge in [-0.2, -0.15) is 5.10 Å². The Kier molecular flexibility index (Phi) is 5.76. The van der Waals surface area contributed by atoms with Crippen molar-refractivity contribution in [2.75, 3.05) is 0 Å². The molecule has 0 aromatic heterocycles. The lowest BCUT2D eigenvalue weighted by Crippen LogP contribution is -2.20. The van der Waals surface area contributed by atoms with Gasteiger partial charge in [0, 0.05) is 4.47 Å². The molecule has 2 aromatic rings. The van der Waals surface area contributed by atoms with Crippen LogP contribution < -0.4 is 10.2 Å². The SMILES string of the molecule is CC(C)Oc1ccc(Br)cc1C(=O)NN=Cc1ccc(O)cc1. The highest BCUT2D eigenvalue weighted by Crippen LogP contribution is 2.24. The van der Waals surface area contributed by atoms with Crippen LogP contribution in [0.25, 0.3) is 0 Å². The van der Waals surface area contributed by atoms with Crippen molar-refractivity contribution in [2.45, 2.75) is 20.0 Å². The number of benzene rings is 2. The number of hydrogen-bond acceptors (Lipinski definition) is 4. The summed E-state index contributed by atoms with van der Waals surface area (Å²) in [6.07, 6.45) is 1.46. The summed E-state index contributed by atoms with van der Waals surface area (Å²) in [6, 6.07) is 11.7. The van der Waals surface area contributed by atoms with Gasteiger partial charge in [0.1, 0.15) is 11.5 Å². The molecule has 0 heterocycles. The maximum absolute atomic E-state index is 12.3. The minimum atomic E-state index is -0.364. The number of carbonyl (C=O) groups is 1. The third-order valence-electron chi connectivity index (χ3n) is 2.82. The molecule has 0 aliphatic rings. The van der Waals surface area contributed by atoms with Gasteiger partial charge in [0.15, 0.2) is 0 Å². The van der Waals surface area contributed by atoms with E-state index >= 15 is 0 Å². The predicted octanol–water partition coefficient (Wildman–Crippen LogP) is 3.71. The van der Waals surface area contributed by atoms with Crippen LogP contribution in [0.2, 0.25) is 0 Å². The Morgan fingerprint density at radius 3 is 2.61 bits per heavy atom. The summed E-state index contributed by atoms with van der Waals surface area (Å²) in [5.74, 6) is 0.313. The van der Waals surface area contributed by atoms with Crippen LogP contribution in [0.4, 0.5) is 0 Å². The fourth-order valence-corrected chi connectivity index (χ4v) is 2.18. The van der Waals surface area contributed by atoms with E-state index in [9.17, 15) is 9.90 Å². The largest absolute Gasteiger partial charge is 0.508 e. The molecule has 6 heteroatoms. The van der Waals surface area contributed by atoms with Crippen LogP contribution in [0.1, 0.15) is 29.8 Å². The molecule has 2 aromatic carbocycles. The van der Waals surface area contributed by atoms with Crippen LogP contribution in [0.3, 0.4) is 0 Å². The number of halogens is 1. The summed E-state index contributed by atoms with van der Waals surface area (Å²) in [7, 11) is 0. The van der Waals surface area contributed by atoms with Crippen molar-refractivity contribution < 1.29 is 14.6 Å². The monoisotopic (exact) mass is 376 g/mol. The second-order valence-electron chi connectivity index (χ2n) is 5.10. The highest BCUT2D eigenvalue weighted by Gasteiger charge is 2.13. The van der Waals surface area contributed by atoms with Crippen molar-refractivity contribution in [1.29, 1.82) is 0 Å². The number of phenols is 1. The molecular weight excluding hydrogens is 360 g/mol. The second-order valence-corrected chi connectivity index (χ2v) is 6.01. The summed E-state index contributed by atoms with van der Waals surface area (Å²) >= 11 is 3.34. The molecule has 0 bridgehead atoms. The summed E-state index contributed by atoms with van der Waals surface area (Å²) < 4.78 is 6.42. The smallest absolute Gasteiger partial charge is 0.275 e. The van der Waals surface area contributed by atoms with E-state index in [0.717, 1.165) is 10.0 Å². The van der Waals surface area contributed by atoms with Crippen molar-refractivity contribution in [2.24, 2.45) is 5.10 Å². The number of hydrogen-bond donors (Lipinski definition) is 2. The Labute approximate surface area is 143 Å². The minimum absolute atomic E-state index is 0.0387. The first-order valence-electron chi connectivity index (χ1n) is 7.04. The van der Waals surface area contributed by atoms with Gasteiger partial charge in [-0.15, -0.1) is 0 Å². The fourth-order valence-electron chi connectivity index (χ4n) is 1.82. The molecule has 0 aliphatic carbocycles. The van der Waals surface area contributed by atoms with Gasteiger partial charge < -0.3 is 9.84 Å². The Morgan fingerprint density at radius 2 is 1.96 bits per heavy atom. The second kappa shape index (κ2) is 7.78. The van der Waals surface area contributed by atoms with Gasteiger partial charge >= 0.3 is 0 Å². The van der Waals surface area contributed by atoms with Gasteiger partial charge in [0.05, 0.1) is 17.9 Å². The van der Waals surface area contributed by atoms with Crippen molar-refractivity contribution in [3.63, 3.8) is 0 Å². The zero-order valence-corrected chi connectivity index (χ0v) is 14.4. The van der Waals surface area contributed by atoms with Crippen molar-refractivity contribution >= 4 is 28.1 Å². The topological polar surface area (TPSA) is 70.9 Å². The van der Waals surface area contributed by atoms with Crippen LogP contribution in [-0.2, 0) is 0 Å². The number of aromatic hydroxyl groups is 1. The van der Waals surface area contributed by atoms with E-state index in [2.05, 4.69) is 26.5 Å². The maximum atomic E-state index is 12.3. The zero-order valence-electron chi connectivity index (χ0n) is 12.8. The lowest BCUT2D eigenvalue weighted by molar-refractivity contribution is 0.0949. The Bertz CT molecular complexity index is 712. The number of nitrogens with one attached hydrogen (secondary N) is 1. The molecule has 0 saturated heterocycles. The number of nitrogens with zero attached hydrogens (tertiary/aromatic N) is 1. The molecule has 120 valence electrons. The number of ether oxygens (including phenoxy) is 1. The Hall–Kier alpha value is -2.34. The van der Waals surface area contributed by atoms with Crippen molar-refractivity contribution in [3.8, 4) is 11.5 Å². The molecule has 0 saturated carbocycles. The Balaban J connectivity index is 2.10. The molecule has 0 unspecified atom stereocenters. The van der Waals surface area contributed by atoms with E-state index in [4.69, 9.17) is 4.74 Å². The zero-order chi connectivity index (χ0) is 16.8. The quantitative estimate of drug-likeness (QED) is 0.617. The van der Waals surface area contributed by atoms with Gasteiger partial charge in [-0.25, -0.2) is 5.43 Å². The van der Waals surface area contributed by atoms with Crippen LogP contribution in [0, 0.1) is 0 Å². The van der Waals surface area contributed by atoms with E-state index in [-0.39, 0.29) is 17.8 Å². The average Bonchev–Trinajstić information content (AvgIpc) is 2.50. The van der Waals surface area contributed by atoms with Gasteiger partial charge in [0.2, 0.25) is 0 Å². The lowest BCUT2D eigenvalue weighted by Gasteiger charge is -2.13. The summed E-state index contributed by atoms with van der Waals surface area (Å²) in [5, 5.41) is 13.1. The fraction of sp³-hybridized carbons (Fsp3) is 0.176. The van der Waals surface area contributed by atoms with E-state index in [1.807, 2.05) is 19.9 Å². The molecule has 0 fully saturated rings. The first kappa shape index (κ1) is 17.0. The third kappa shape index (κ3) is 5.10. The number of rotatable bonds is 5. The molecule has 0 radical (unpaired) electrons. The first-order chi connectivity index (χ1) is 11.0. The van der Waals surface area contributed by atoms with Gasteiger partial charge in [-0.3, -0.25) is 4.79 Å². The summed E-state index contributed by atoms with van der Waals surface area (Å²) in [6.45, 7) is 3.79. The molecule has 0 aliphatic heterocycles. The van der Waals surface area contributed by atoms with Crippen LogP contribution in [-0.4, -0.2) is 23.3 Å². The molecular formula is C17H17BrN2O3. The number of carbonyl (C=O) groups excluding carboxylic acids is 1. The van der Waals surface area contributed by atoms with Gasteiger partial charge in [0.25, 0.3) is 5.91 Å². The number of phenolic OH excluding ortho intramolecular Hbond substituents is 1. The molecule has 2 N–H and O–H groups in total. The van der Waals surface area contributed by atoms with Crippen molar-refractivity contribution in [3.05, 3.63) is 58.1 Å². The van der Waals surface area contributed by atoms with E-state index < -0.39 is 0 Å². The lowest BCUT2D eigenvalue weighted by atomic mass is 10.2. The molecule has 1 amide bonds. The molecule has 0 atom stereocenters. The Morgan fingerprint density at radius 1 is 1.26 bits per heavy atom. The maximum Gasteiger partial charge on any atom is 0.275 e. The first-order valence-corrected chi connectivity index (χ1v) is 7.83. The predicted molar refractivity (Wildman–Crippen MR) is 93.1 cm³/mol. The van der Waals surface area contributed by atoms with Crippen LogP contribution in [0.5, 0.6) is 11.5 Å². The highest BCUT2D eigenvalue weighted by molar-refractivity contribution is 9.10. The molecule has 5 nitrogen and oxygen atoms in total. The van der Waals surface area contributed by atoms with Crippen LogP contribution in [0.15, 0.2) is 52.0 Å². The summed E-state index contributed by atoms with van der Waals surface area (Å²) in [4.78, 5) is 12.3. The minimum Gasteiger partial charge on any atom is -0.508 e.